The molecule has 0 aromatic rings. The maximum atomic E-state index is 9.02. The molecule has 0 aliphatic heterocycles. The van der Waals surface area contributed by atoms with Crippen LogP contribution in [0, 0.1) is 11.3 Å². The van der Waals surface area contributed by atoms with Gasteiger partial charge in [0, 0.05) is 0 Å². The van der Waals surface area contributed by atoms with Crippen molar-refractivity contribution in [3.8, 4) is 0 Å². The van der Waals surface area contributed by atoms with E-state index in [0.717, 1.165) is 18.8 Å². The van der Waals surface area contributed by atoms with Gasteiger partial charge in [-0.25, -0.2) is 0 Å². The van der Waals surface area contributed by atoms with Crippen molar-refractivity contribution in [1.29, 1.82) is 0 Å². The Hall–Kier alpha value is -0.0400. The summed E-state index contributed by atoms with van der Waals surface area (Å²) in [5.41, 5.74) is 0.449. The van der Waals surface area contributed by atoms with Crippen LogP contribution in [-0.2, 0) is 0 Å². The van der Waals surface area contributed by atoms with Crippen LogP contribution in [0.1, 0.15) is 40.0 Å². The zero-order chi connectivity index (χ0) is 7.78. The summed E-state index contributed by atoms with van der Waals surface area (Å²) < 4.78 is 0. The van der Waals surface area contributed by atoms with Gasteiger partial charge in [0.25, 0.3) is 0 Å². The maximum absolute atomic E-state index is 9.02. The maximum Gasteiger partial charge on any atom is 0.0545 e. The summed E-state index contributed by atoms with van der Waals surface area (Å²) in [5, 5.41) is 9.02. The van der Waals surface area contributed by atoms with Gasteiger partial charge < -0.3 is 5.11 Å². The minimum atomic E-state index is 0.0207. The zero-order valence-electron chi connectivity index (χ0n) is 7.22. The molecule has 1 nitrogen and oxygen atoms in total. The van der Waals surface area contributed by atoms with Crippen LogP contribution in [0.15, 0.2) is 0 Å². The molecule has 1 rings (SSSR count). The molecule has 0 aromatic heterocycles. The smallest absolute Gasteiger partial charge is 0.0545 e. The molecule has 60 valence electrons. The normalized spacial score (nSPS) is 33.6. The first kappa shape index (κ1) is 8.06. The number of aliphatic hydroxyl groups is 1. The molecule has 0 amide bonds. The third-order valence-corrected chi connectivity index (χ3v) is 2.11. The van der Waals surface area contributed by atoms with E-state index in [1.54, 1.807) is 0 Å². The van der Waals surface area contributed by atoms with Crippen molar-refractivity contribution in [3.05, 3.63) is 0 Å². The van der Waals surface area contributed by atoms with Gasteiger partial charge in [0.2, 0.25) is 0 Å². The topological polar surface area (TPSA) is 20.2 Å². The standard InChI is InChI=1S/C9H18O/c1-9(2,3)6-7-4-8(10)5-7/h7-8,10H,4-6H2,1-3H3. The first-order valence-electron chi connectivity index (χ1n) is 4.15. The van der Waals surface area contributed by atoms with Gasteiger partial charge in [-0.15, -0.1) is 0 Å². The minimum absolute atomic E-state index is 0.0207. The predicted octanol–water partition coefficient (Wildman–Crippen LogP) is 2.19. The van der Waals surface area contributed by atoms with E-state index < -0.39 is 0 Å². The average molecular weight is 142 g/mol. The van der Waals surface area contributed by atoms with Crippen LogP contribution >= 0.6 is 0 Å². The lowest BCUT2D eigenvalue weighted by molar-refractivity contribution is 0.0244. The molecule has 1 aliphatic rings. The minimum Gasteiger partial charge on any atom is -0.393 e. The van der Waals surface area contributed by atoms with Crippen molar-refractivity contribution in [2.75, 3.05) is 0 Å². The number of aliphatic hydroxyl groups excluding tert-OH is 1. The molecule has 0 bridgehead atoms. The molecule has 0 saturated heterocycles. The molecule has 0 spiro atoms. The SMILES string of the molecule is CC(C)(C)CC1CC(O)C1. The number of hydrogen-bond donors (Lipinski definition) is 1. The van der Waals surface area contributed by atoms with Crippen LogP contribution in [0.25, 0.3) is 0 Å². The van der Waals surface area contributed by atoms with Crippen LogP contribution in [-0.4, -0.2) is 11.2 Å². The van der Waals surface area contributed by atoms with Gasteiger partial charge in [0.1, 0.15) is 0 Å². The van der Waals surface area contributed by atoms with Gasteiger partial charge in [-0.3, -0.25) is 0 Å². The van der Waals surface area contributed by atoms with Gasteiger partial charge >= 0.3 is 0 Å². The van der Waals surface area contributed by atoms with Crippen molar-refractivity contribution in [2.45, 2.75) is 46.1 Å². The highest BCUT2D eigenvalue weighted by molar-refractivity contribution is 4.81. The first-order valence-corrected chi connectivity index (χ1v) is 4.15. The first-order chi connectivity index (χ1) is 4.47. The molecular formula is C9H18O. The van der Waals surface area contributed by atoms with Gasteiger partial charge in [-0.2, -0.15) is 0 Å². The second-order valence-electron chi connectivity index (χ2n) is 4.76. The van der Waals surface area contributed by atoms with E-state index in [1.165, 1.54) is 6.42 Å². The third-order valence-electron chi connectivity index (χ3n) is 2.11. The Kier molecular flexibility index (Phi) is 2.04. The number of hydrogen-bond acceptors (Lipinski definition) is 1. The van der Waals surface area contributed by atoms with E-state index in [9.17, 15) is 0 Å². The highest BCUT2D eigenvalue weighted by atomic mass is 16.3. The van der Waals surface area contributed by atoms with Crippen LogP contribution in [0.5, 0.6) is 0 Å². The Morgan fingerprint density at radius 2 is 1.80 bits per heavy atom. The van der Waals surface area contributed by atoms with Gasteiger partial charge in [-0.05, 0) is 30.6 Å². The van der Waals surface area contributed by atoms with Gasteiger partial charge in [0.05, 0.1) is 6.10 Å². The fraction of sp³-hybridized carbons (Fsp3) is 1.00. The Bertz CT molecular complexity index is 106. The van der Waals surface area contributed by atoms with E-state index >= 15 is 0 Å². The lowest BCUT2D eigenvalue weighted by atomic mass is 9.73. The summed E-state index contributed by atoms with van der Waals surface area (Å²) in [7, 11) is 0. The monoisotopic (exact) mass is 142 g/mol. The second kappa shape index (κ2) is 2.54. The van der Waals surface area contributed by atoms with Crippen molar-refractivity contribution in [3.63, 3.8) is 0 Å². The Morgan fingerprint density at radius 1 is 1.30 bits per heavy atom. The summed E-state index contributed by atoms with van der Waals surface area (Å²) in [5.74, 6) is 0.801. The average Bonchev–Trinajstić information content (AvgIpc) is 1.57. The van der Waals surface area contributed by atoms with Crippen LogP contribution in [0.4, 0.5) is 0 Å². The molecule has 10 heavy (non-hydrogen) atoms. The summed E-state index contributed by atoms with van der Waals surface area (Å²) in [6, 6.07) is 0. The zero-order valence-corrected chi connectivity index (χ0v) is 7.22. The third kappa shape index (κ3) is 2.30. The number of rotatable bonds is 1. The Balaban J connectivity index is 2.16. The van der Waals surface area contributed by atoms with Crippen LogP contribution in [0.2, 0.25) is 0 Å². The molecule has 0 aromatic carbocycles. The van der Waals surface area contributed by atoms with E-state index in [2.05, 4.69) is 20.8 Å². The largest absolute Gasteiger partial charge is 0.393 e. The van der Waals surface area contributed by atoms with Gasteiger partial charge in [-0.1, -0.05) is 20.8 Å². The molecule has 1 N–H and O–H groups in total. The van der Waals surface area contributed by atoms with Crippen molar-refractivity contribution in [2.24, 2.45) is 11.3 Å². The second-order valence-corrected chi connectivity index (χ2v) is 4.76. The summed E-state index contributed by atoms with van der Waals surface area (Å²) in [6.07, 6.45) is 3.37. The van der Waals surface area contributed by atoms with Crippen molar-refractivity contribution < 1.29 is 5.11 Å². The van der Waals surface area contributed by atoms with E-state index in [0.29, 0.717) is 5.41 Å². The lowest BCUT2D eigenvalue weighted by Gasteiger charge is -2.35. The lowest BCUT2D eigenvalue weighted by Crippen LogP contribution is -2.31. The van der Waals surface area contributed by atoms with Crippen molar-refractivity contribution in [1.82, 2.24) is 0 Å². The Morgan fingerprint density at radius 3 is 2.10 bits per heavy atom. The van der Waals surface area contributed by atoms with E-state index in [-0.39, 0.29) is 6.10 Å². The summed E-state index contributed by atoms with van der Waals surface area (Å²) in [6.45, 7) is 6.78. The molecule has 0 radical (unpaired) electrons. The molecule has 1 fully saturated rings. The quantitative estimate of drug-likeness (QED) is 0.595. The highest BCUT2D eigenvalue weighted by Crippen LogP contribution is 2.36. The molecule has 0 heterocycles. The molecule has 1 saturated carbocycles. The fourth-order valence-corrected chi connectivity index (χ4v) is 1.73. The Labute approximate surface area is 63.4 Å². The van der Waals surface area contributed by atoms with E-state index in [4.69, 9.17) is 5.11 Å². The molecule has 1 aliphatic carbocycles. The molecule has 0 atom stereocenters. The molecule has 0 unspecified atom stereocenters. The van der Waals surface area contributed by atoms with Crippen LogP contribution < -0.4 is 0 Å². The molecular weight excluding hydrogens is 124 g/mol. The predicted molar refractivity (Wildman–Crippen MR) is 42.8 cm³/mol. The highest BCUT2D eigenvalue weighted by Gasteiger charge is 2.30. The summed E-state index contributed by atoms with van der Waals surface area (Å²) in [4.78, 5) is 0. The molecule has 1 heteroatoms. The van der Waals surface area contributed by atoms with Gasteiger partial charge in [0.15, 0.2) is 0 Å². The van der Waals surface area contributed by atoms with E-state index in [1.807, 2.05) is 0 Å². The van der Waals surface area contributed by atoms with Crippen LogP contribution in [0.3, 0.4) is 0 Å². The summed E-state index contributed by atoms with van der Waals surface area (Å²) >= 11 is 0. The van der Waals surface area contributed by atoms with Crippen molar-refractivity contribution >= 4 is 0 Å². The fourth-order valence-electron chi connectivity index (χ4n) is 1.73.